The third kappa shape index (κ3) is 2.74. The van der Waals surface area contributed by atoms with Crippen LogP contribution in [0.3, 0.4) is 0 Å². The van der Waals surface area contributed by atoms with Crippen molar-refractivity contribution < 1.29 is 4.92 Å². The van der Waals surface area contributed by atoms with Crippen molar-refractivity contribution in [3.05, 3.63) is 47.2 Å². The predicted molar refractivity (Wildman–Crippen MR) is 51.8 cm³/mol. The van der Waals surface area contributed by atoms with Crippen molar-refractivity contribution in [1.29, 1.82) is 0 Å². The van der Waals surface area contributed by atoms with Crippen LogP contribution in [0.2, 0.25) is 0 Å². The Labute approximate surface area is 80.5 Å². The topological polar surface area (TPSA) is 83.8 Å². The molecule has 1 aromatic rings. The van der Waals surface area contributed by atoms with Crippen LogP contribution in [0.1, 0.15) is 5.82 Å². The van der Waals surface area contributed by atoms with Gasteiger partial charge in [0.05, 0.1) is 4.92 Å². The van der Waals surface area contributed by atoms with Crippen LogP contribution in [0.15, 0.2) is 31.2 Å². The van der Waals surface area contributed by atoms with Gasteiger partial charge in [-0.15, -0.1) is 6.58 Å². The molecule has 1 rings (SSSR count). The van der Waals surface area contributed by atoms with E-state index in [0.29, 0.717) is 18.1 Å². The molecule has 0 aliphatic carbocycles. The number of H-pyrrole nitrogens is 1. The van der Waals surface area contributed by atoms with Gasteiger partial charge in [-0.1, -0.05) is 6.08 Å². The van der Waals surface area contributed by atoms with E-state index in [1.54, 1.807) is 12.3 Å². The van der Waals surface area contributed by atoms with Gasteiger partial charge in [0.25, 0.3) is 6.20 Å². The minimum atomic E-state index is -0.534. The van der Waals surface area contributed by atoms with Crippen molar-refractivity contribution in [2.75, 3.05) is 6.54 Å². The fourth-order valence-corrected chi connectivity index (χ4v) is 0.891. The Kier molecular flexibility index (Phi) is 3.42. The number of nitro groups is 1. The molecule has 14 heavy (non-hydrogen) atoms. The molecule has 6 heteroatoms. The number of nitrogens with one attached hydrogen (secondary N) is 2. The summed E-state index contributed by atoms with van der Waals surface area (Å²) in [5.74, 6) is 0.434. The predicted octanol–water partition coefficient (Wildman–Crippen LogP) is 0.760. The number of aromatic amines is 1. The van der Waals surface area contributed by atoms with E-state index in [1.807, 2.05) is 0 Å². The molecule has 0 amide bonds. The maximum Gasteiger partial charge on any atom is 0.261 e. The molecule has 74 valence electrons. The molecule has 1 heterocycles. The lowest BCUT2D eigenvalue weighted by Crippen LogP contribution is -2.14. The summed E-state index contributed by atoms with van der Waals surface area (Å²) >= 11 is 0. The zero-order valence-electron chi connectivity index (χ0n) is 7.43. The third-order valence-corrected chi connectivity index (χ3v) is 1.42. The standard InChI is InChI=1S/C8H10N4O2/c1-2-3-9-7(6-12(13)14)8-10-4-5-11-8/h2,4-6,9H,1,3H2,(H,10,11). The maximum absolute atomic E-state index is 10.3. The van der Waals surface area contributed by atoms with Crippen LogP contribution in [-0.4, -0.2) is 21.4 Å². The molecule has 0 saturated carbocycles. The van der Waals surface area contributed by atoms with Gasteiger partial charge >= 0.3 is 0 Å². The number of imidazole rings is 1. The van der Waals surface area contributed by atoms with E-state index < -0.39 is 4.92 Å². The van der Waals surface area contributed by atoms with Crippen LogP contribution in [0.5, 0.6) is 0 Å². The molecule has 0 fully saturated rings. The Morgan fingerprint density at radius 2 is 2.64 bits per heavy atom. The molecule has 0 bridgehead atoms. The second-order valence-electron chi connectivity index (χ2n) is 2.44. The highest BCUT2D eigenvalue weighted by Crippen LogP contribution is 2.04. The van der Waals surface area contributed by atoms with Crippen LogP contribution in [-0.2, 0) is 0 Å². The highest BCUT2D eigenvalue weighted by atomic mass is 16.6. The number of nitrogens with zero attached hydrogens (tertiary/aromatic N) is 2. The maximum atomic E-state index is 10.3. The normalized spacial score (nSPS) is 11.0. The molecule has 0 saturated heterocycles. The van der Waals surface area contributed by atoms with Crippen LogP contribution in [0.4, 0.5) is 0 Å². The summed E-state index contributed by atoms with van der Waals surface area (Å²) in [7, 11) is 0. The van der Waals surface area contributed by atoms with Crippen LogP contribution in [0, 0.1) is 10.1 Å². The molecule has 2 N–H and O–H groups in total. The van der Waals surface area contributed by atoms with E-state index in [9.17, 15) is 10.1 Å². The molecule has 0 unspecified atom stereocenters. The summed E-state index contributed by atoms with van der Waals surface area (Å²) in [6.07, 6.45) is 5.59. The number of hydrogen-bond acceptors (Lipinski definition) is 4. The van der Waals surface area contributed by atoms with Crippen molar-refractivity contribution in [2.45, 2.75) is 0 Å². The second-order valence-corrected chi connectivity index (χ2v) is 2.44. The van der Waals surface area contributed by atoms with Crippen LogP contribution in [0.25, 0.3) is 5.70 Å². The van der Waals surface area contributed by atoms with Crippen molar-refractivity contribution in [3.63, 3.8) is 0 Å². The van der Waals surface area contributed by atoms with E-state index in [-0.39, 0.29) is 0 Å². The first-order chi connectivity index (χ1) is 6.74. The lowest BCUT2D eigenvalue weighted by molar-refractivity contribution is -0.401. The van der Waals surface area contributed by atoms with Gasteiger partial charge in [-0.25, -0.2) is 4.98 Å². The summed E-state index contributed by atoms with van der Waals surface area (Å²) < 4.78 is 0. The molecular weight excluding hydrogens is 184 g/mol. The Hall–Kier alpha value is -2.11. The second kappa shape index (κ2) is 4.80. The quantitative estimate of drug-likeness (QED) is 0.411. The van der Waals surface area contributed by atoms with Gasteiger partial charge < -0.3 is 10.3 Å². The molecule has 0 atom stereocenters. The lowest BCUT2D eigenvalue weighted by atomic mass is 10.4. The highest BCUT2D eigenvalue weighted by Gasteiger charge is 2.06. The first-order valence-corrected chi connectivity index (χ1v) is 3.94. The molecule has 0 aliphatic heterocycles. The number of aromatic nitrogens is 2. The highest BCUT2D eigenvalue weighted by molar-refractivity contribution is 5.56. The zero-order valence-corrected chi connectivity index (χ0v) is 7.43. The zero-order chi connectivity index (χ0) is 10.4. The van der Waals surface area contributed by atoms with E-state index in [0.717, 1.165) is 6.20 Å². The number of rotatable bonds is 5. The summed E-state index contributed by atoms with van der Waals surface area (Å²) in [4.78, 5) is 16.4. The lowest BCUT2D eigenvalue weighted by Gasteiger charge is -2.02. The average molecular weight is 194 g/mol. The van der Waals surface area contributed by atoms with Gasteiger partial charge in [-0.3, -0.25) is 10.1 Å². The molecule has 1 aromatic heterocycles. The van der Waals surface area contributed by atoms with E-state index in [2.05, 4.69) is 21.9 Å². The van der Waals surface area contributed by atoms with Gasteiger partial charge in [-0.2, -0.15) is 0 Å². The molecule has 0 radical (unpaired) electrons. The van der Waals surface area contributed by atoms with Crippen molar-refractivity contribution in [1.82, 2.24) is 15.3 Å². The van der Waals surface area contributed by atoms with Crippen molar-refractivity contribution in [2.24, 2.45) is 0 Å². The Morgan fingerprint density at radius 3 is 3.14 bits per heavy atom. The van der Waals surface area contributed by atoms with E-state index in [1.165, 1.54) is 6.20 Å². The summed E-state index contributed by atoms with van der Waals surface area (Å²) in [6, 6.07) is 0. The Bertz CT molecular complexity index is 342. The minimum Gasteiger partial charge on any atom is -0.374 e. The van der Waals surface area contributed by atoms with E-state index in [4.69, 9.17) is 0 Å². The smallest absolute Gasteiger partial charge is 0.261 e. The third-order valence-electron chi connectivity index (χ3n) is 1.42. The molecule has 6 nitrogen and oxygen atoms in total. The van der Waals surface area contributed by atoms with Crippen LogP contribution < -0.4 is 5.32 Å². The molecular formula is C8H10N4O2. The summed E-state index contributed by atoms with van der Waals surface area (Å²) in [5.41, 5.74) is 0.333. The minimum absolute atomic E-state index is 0.333. The van der Waals surface area contributed by atoms with Gasteiger partial charge in [0.15, 0.2) is 5.82 Å². The first kappa shape index (κ1) is 9.97. The molecule has 0 spiro atoms. The van der Waals surface area contributed by atoms with Gasteiger partial charge in [0.2, 0.25) is 0 Å². The molecule has 0 aliphatic rings. The molecule has 0 aromatic carbocycles. The van der Waals surface area contributed by atoms with E-state index >= 15 is 0 Å². The average Bonchev–Trinajstić information content (AvgIpc) is 2.64. The monoisotopic (exact) mass is 194 g/mol. The Balaban J connectivity index is 2.82. The first-order valence-electron chi connectivity index (χ1n) is 3.94. The summed E-state index contributed by atoms with van der Waals surface area (Å²) in [6.45, 7) is 3.95. The largest absolute Gasteiger partial charge is 0.374 e. The van der Waals surface area contributed by atoms with Gasteiger partial charge in [0.1, 0.15) is 5.70 Å². The summed E-state index contributed by atoms with van der Waals surface area (Å²) in [5, 5.41) is 13.1. The number of hydrogen-bond donors (Lipinski definition) is 2. The van der Waals surface area contributed by atoms with Gasteiger partial charge in [0, 0.05) is 18.9 Å². The Morgan fingerprint density at radius 1 is 1.86 bits per heavy atom. The van der Waals surface area contributed by atoms with Crippen LogP contribution >= 0.6 is 0 Å². The fraction of sp³-hybridized carbons (Fsp3) is 0.125. The van der Waals surface area contributed by atoms with Gasteiger partial charge in [-0.05, 0) is 0 Å². The fourth-order valence-electron chi connectivity index (χ4n) is 0.891. The van der Waals surface area contributed by atoms with Crippen molar-refractivity contribution >= 4 is 5.70 Å². The van der Waals surface area contributed by atoms with Crippen molar-refractivity contribution in [3.8, 4) is 0 Å². The SMILES string of the molecule is C=CCNC(=C[N+](=O)[O-])c1ncc[nH]1.